The lowest BCUT2D eigenvalue weighted by atomic mass is 10.1. The van der Waals surface area contributed by atoms with Crippen molar-refractivity contribution in [1.82, 2.24) is 10.2 Å². The van der Waals surface area contributed by atoms with Crippen LogP contribution in [-0.4, -0.2) is 10.2 Å². The van der Waals surface area contributed by atoms with E-state index in [1.54, 1.807) is 6.07 Å². The summed E-state index contributed by atoms with van der Waals surface area (Å²) < 4.78 is 5.60. The van der Waals surface area contributed by atoms with Gasteiger partial charge in [0.15, 0.2) is 6.04 Å². The molecule has 0 aliphatic heterocycles. The first-order chi connectivity index (χ1) is 9.47. The SMILES string of the molecule is CC(C)[C@H]([NH3+])c1nnc(SCc2ccc(Cl)c(Cl)c2)o1. The molecule has 1 aromatic carbocycles. The highest BCUT2D eigenvalue weighted by Gasteiger charge is 2.21. The number of halogens is 2. The molecule has 20 heavy (non-hydrogen) atoms. The molecule has 2 rings (SSSR count). The van der Waals surface area contributed by atoms with Gasteiger partial charge in [-0.3, -0.25) is 0 Å². The van der Waals surface area contributed by atoms with E-state index in [1.807, 2.05) is 12.1 Å². The number of aromatic nitrogens is 2. The zero-order valence-electron chi connectivity index (χ0n) is 11.3. The summed E-state index contributed by atoms with van der Waals surface area (Å²) in [5, 5.41) is 9.70. The third kappa shape index (κ3) is 3.88. The van der Waals surface area contributed by atoms with Crippen LogP contribution in [0.1, 0.15) is 31.3 Å². The summed E-state index contributed by atoms with van der Waals surface area (Å²) in [5.74, 6) is 1.64. The van der Waals surface area contributed by atoms with Crippen molar-refractivity contribution in [2.24, 2.45) is 5.92 Å². The van der Waals surface area contributed by atoms with Gasteiger partial charge in [-0.1, -0.05) is 54.9 Å². The van der Waals surface area contributed by atoms with Crippen molar-refractivity contribution >= 4 is 35.0 Å². The van der Waals surface area contributed by atoms with Crippen LogP contribution in [0.25, 0.3) is 0 Å². The van der Waals surface area contributed by atoms with Gasteiger partial charge in [0, 0.05) is 11.7 Å². The van der Waals surface area contributed by atoms with Crippen LogP contribution in [0.2, 0.25) is 10.0 Å². The zero-order valence-corrected chi connectivity index (χ0v) is 13.6. The van der Waals surface area contributed by atoms with Gasteiger partial charge < -0.3 is 10.2 Å². The summed E-state index contributed by atoms with van der Waals surface area (Å²) in [5.41, 5.74) is 5.08. The van der Waals surface area contributed by atoms with Gasteiger partial charge in [0.25, 0.3) is 11.1 Å². The van der Waals surface area contributed by atoms with Gasteiger partial charge in [-0.2, -0.15) is 0 Å². The topological polar surface area (TPSA) is 66.6 Å². The Morgan fingerprint density at radius 3 is 2.65 bits per heavy atom. The average molecular weight is 333 g/mol. The summed E-state index contributed by atoms with van der Waals surface area (Å²) >= 11 is 13.3. The standard InChI is InChI=1S/C13H15Cl2N3OS/c1-7(2)11(16)12-17-18-13(19-12)20-6-8-3-4-9(14)10(15)5-8/h3-5,7,11H,6,16H2,1-2H3/p+1/t11-/m0/s1. The van der Waals surface area contributed by atoms with Gasteiger partial charge in [-0.05, 0) is 17.7 Å². The van der Waals surface area contributed by atoms with Gasteiger partial charge in [0.1, 0.15) is 0 Å². The molecule has 0 aliphatic rings. The maximum absolute atomic E-state index is 5.98. The number of hydrogen-bond donors (Lipinski definition) is 1. The minimum Gasteiger partial charge on any atom is -0.410 e. The third-order valence-electron chi connectivity index (χ3n) is 2.89. The molecule has 0 spiro atoms. The molecule has 0 aliphatic carbocycles. The molecule has 0 saturated carbocycles. The predicted molar refractivity (Wildman–Crippen MR) is 80.8 cm³/mol. The Kier molecular flexibility index (Phi) is 5.32. The molecule has 1 atom stereocenters. The first-order valence-corrected chi connectivity index (χ1v) is 7.94. The normalized spacial score (nSPS) is 12.9. The maximum Gasteiger partial charge on any atom is 0.277 e. The number of thioether (sulfide) groups is 1. The van der Waals surface area contributed by atoms with Crippen LogP contribution >= 0.6 is 35.0 Å². The molecule has 0 unspecified atom stereocenters. The fourth-order valence-corrected chi connectivity index (χ4v) is 2.52. The molecular weight excluding hydrogens is 317 g/mol. The number of rotatable bonds is 5. The first-order valence-electron chi connectivity index (χ1n) is 6.20. The van der Waals surface area contributed by atoms with E-state index in [-0.39, 0.29) is 6.04 Å². The molecular formula is C13H16Cl2N3OS+. The lowest BCUT2D eigenvalue weighted by Gasteiger charge is -2.06. The molecule has 108 valence electrons. The molecule has 3 N–H and O–H groups in total. The summed E-state index contributed by atoms with van der Waals surface area (Å²) in [6.45, 7) is 4.15. The third-order valence-corrected chi connectivity index (χ3v) is 4.52. The van der Waals surface area contributed by atoms with Crippen LogP contribution in [-0.2, 0) is 5.75 Å². The molecule has 0 amide bonds. The Morgan fingerprint density at radius 2 is 2.00 bits per heavy atom. The van der Waals surface area contributed by atoms with E-state index in [0.29, 0.717) is 32.8 Å². The van der Waals surface area contributed by atoms with Crippen molar-refractivity contribution in [1.29, 1.82) is 0 Å². The highest BCUT2D eigenvalue weighted by Crippen LogP contribution is 2.28. The second-order valence-electron chi connectivity index (χ2n) is 4.79. The summed E-state index contributed by atoms with van der Waals surface area (Å²) in [6, 6.07) is 5.56. The van der Waals surface area contributed by atoms with E-state index >= 15 is 0 Å². The average Bonchev–Trinajstić information content (AvgIpc) is 2.88. The van der Waals surface area contributed by atoms with Crippen molar-refractivity contribution in [3.05, 3.63) is 39.7 Å². The summed E-state index contributed by atoms with van der Waals surface area (Å²) in [4.78, 5) is 0. The van der Waals surface area contributed by atoms with Crippen LogP contribution in [0, 0.1) is 5.92 Å². The summed E-state index contributed by atoms with van der Waals surface area (Å²) in [7, 11) is 0. The lowest BCUT2D eigenvalue weighted by molar-refractivity contribution is -0.443. The van der Waals surface area contributed by atoms with Crippen LogP contribution in [0.5, 0.6) is 0 Å². The van der Waals surface area contributed by atoms with Crippen LogP contribution in [0.15, 0.2) is 27.8 Å². The van der Waals surface area contributed by atoms with Crippen molar-refractivity contribution in [3.63, 3.8) is 0 Å². The Hall–Kier alpha value is -0.750. The van der Waals surface area contributed by atoms with E-state index in [1.165, 1.54) is 11.8 Å². The van der Waals surface area contributed by atoms with Gasteiger partial charge in [0.05, 0.1) is 10.0 Å². The van der Waals surface area contributed by atoms with Crippen LogP contribution in [0.3, 0.4) is 0 Å². The number of nitrogens with zero attached hydrogens (tertiary/aromatic N) is 2. The predicted octanol–water partition coefficient (Wildman–Crippen LogP) is 3.61. The first kappa shape index (κ1) is 15.6. The molecule has 0 fully saturated rings. The minimum absolute atomic E-state index is 0.0156. The lowest BCUT2D eigenvalue weighted by Crippen LogP contribution is -2.56. The Labute approximate surface area is 132 Å². The van der Waals surface area contributed by atoms with Crippen molar-refractivity contribution in [2.75, 3.05) is 0 Å². The molecule has 7 heteroatoms. The molecule has 0 bridgehead atoms. The monoisotopic (exact) mass is 332 g/mol. The van der Waals surface area contributed by atoms with E-state index in [9.17, 15) is 0 Å². The van der Waals surface area contributed by atoms with E-state index < -0.39 is 0 Å². The second kappa shape index (κ2) is 6.80. The van der Waals surface area contributed by atoms with Gasteiger partial charge in [0.2, 0.25) is 0 Å². The van der Waals surface area contributed by atoms with Crippen molar-refractivity contribution < 1.29 is 10.2 Å². The molecule has 0 saturated heterocycles. The van der Waals surface area contributed by atoms with E-state index in [2.05, 4.69) is 29.8 Å². The summed E-state index contributed by atoms with van der Waals surface area (Å²) in [6.07, 6.45) is 0. The van der Waals surface area contributed by atoms with Gasteiger partial charge in [-0.15, -0.1) is 10.2 Å². The zero-order chi connectivity index (χ0) is 14.7. The van der Waals surface area contributed by atoms with Crippen LogP contribution < -0.4 is 5.73 Å². The molecule has 4 nitrogen and oxygen atoms in total. The molecule has 1 aromatic heterocycles. The minimum atomic E-state index is 0.0156. The highest BCUT2D eigenvalue weighted by molar-refractivity contribution is 7.98. The fourth-order valence-electron chi connectivity index (χ4n) is 1.49. The Balaban J connectivity index is 1.99. The number of benzene rings is 1. The van der Waals surface area contributed by atoms with Gasteiger partial charge in [-0.25, -0.2) is 0 Å². The maximum atomic E-state index is 5.98. The molecule has 2 aromatic rings. The quantitative estimate of drug-likeness (QED) is 0.849. The van der Waals surface area contributed by atoms with E-state index in [0.717, 1.165) is 5.56 Å². The molecule has 1 heterocycles. The van der Waals surface area contributed by atoms with Gasteiger partial charge >= 0.3 is 0 Å². The highest BCUT2D eigenvalue weighted by atomic mass is 35.5. The number of hydrogen-bond acceptors (Lipinski definition) is 4. The molecule has 0 radical (unpaired) electrons. The van der Waals surface area contributed by atoms with Crippen molar-refractivity contribution in [3.8, 4) is 0 Å². The number of quaternary nitrogens is 1. The van der Waals surface area contributed by atoms with E-state index in [4.69, 9.17) is 27.6 Å². The Morgan fingerprint density at radius 1 is 1.25 bits per heavy atom. The second-order valence-corrected chi connectivity index (χ2v) is 6.53. The fraction of sp³-hybridized carbons (Fsp3) is 0.385. The van der Waals surface area contributed by atoms with Crippen LogP contribution in [0.4, 0.5) is 0 Å². The Bertz CT molecular complexity index is 589. The smallest absolute Gasteiger partial charge is 0.277 e. The van der Waals surface area contributed by atoms with Crippen molar-refractivity contribution in [2.45, 2.75) is 30.9 Å². The largest absolute Gasteiger partial charge is 0.410 e.